The minimum atomic E-state index is -0.0846. The number of para-hydroxylation sites is 2. The van der Waals surface area contributed by atoms with Gasteiger partial charge in [-0.25, -0.2) is 4.79 Å². The summed E-state index contributed by atoms with van der Waals surface area (Å²) in [6.07, 6.45) is 0. The van der Waals surface area contributed by atoms with E-state index in [1.54, 1.807) is 14.2 Å². The molecular formula is C20H24ClN3O3. The Morgan fingerprint density at radius 3 is 2.44 bits per heavy atom. The molecule has 1 fully saturated rings. The number of carbonyl (C=O) groups excluding carboxylic acids is 1. The van der Waals surface area contributed by atoms with Gasteiger partial charge in [0.05, 0.1) is 24.9 Å². The first-order valence-corrected chi connectivity index (χ1v) is 9.24. The molecule has 0 aliphatic carbocycles. The monoisotopic (exact) mass is 389 g/mol. The van der Waals surface area contributed by atoms with Gasteiger partial charge < -0.3 is 24.6 Å². The largest absolute Gasteiger partial charge is 0.493 e. The summed E-state index contributed by atoms with van der Waals surface area (Å²) in [4.78, 5) is 16.6. The second kappa shape index (κ2) is 8.86. The Labute approximate surface area is 164 Å². The molecule has 0 atom stereocenters. The molecule has 1 N–H and O–H groups in total. The topological polar surface area (TPSA) is 54.0 Å². The van der Waals surface area contributed by atoms with Gasteiger partial charge in [0.1, 0.15) is 0 Å². The quantitative estimate of drug-likeness (QED) is 0.851. The lowest BCUT2D eigenvalue weighted by Gasteiger charge is -2.36. The summed E-state index contributed by atoms with van der Waals surface area (Å²) in [6.45, 7) is 3.17. The summed E-state index contributed by atoms with van der Waals surface area (Å²) in [5, 5.41) is 3.70. The van der Waals surface area contributed by atoms with Crippen molar-refractivity contribution in [1.29, 1.82) is 0 Å². The summed E-state index contributed by atoms with van der Waals surface area (Å²) in [5.74, 6) is 1.29. The van der Waals surface area contributed by atoms with Crippen molar-refractivity contribution in [2.75, 3.05) is 45.3 Å². The third kappa shape index (κ3) is 4.39. The molecular weight excluding hydrogens is 366 g/mol. The number of urea groups is 1. The van der Waals surface area contributed by atoms with Crippen LogP contribution in [0.1, 0.15) is 5.56 Å². The highest BCUT2D eigenvalue weighted by Gasteiger charge is 2.22. The Hall–Kier alpha value is -2.60. The fourth-order valence-corrected chi connectivity index (χ4v) is 3.49. The van der Waals surface area contributed by atoms with E-state index in [-0.39, 0.29) is 6.03 Å². The van der Waals surface area contributed by atoms with Gasteiger partial charge in [-0.2, -0.15) is 0 Å². The molecule has 2 aromatic rings. The lowest BCUT2D eigenvalue weighted by Crippen LogP contribution is -2.51. The Kier molecular flexibility index (Phi) is 6.29. The molecule has 2 amide bonds. The van der Waals surface area contributed by atoms with Crippen LogP contribution in [0.2, 0.25) is 5.02 Å². The molecule has 1 aliphatic rings. The number of amides is 2. The zero-order valence-electron chi connectivity index (χ0n) is 15.6. The third-order valence-corrected chi connectivity index (χ3v) is 4.99. The van der Waals surface area contributed by atoms with Gasteiger partial charge in [-0.1, -0.05) is 35.9 Å². The van der Waals surface area contributed by atoms with Gasteiger partial charge >= 0.3 is 6.03 Å². The average molecular weight is 390 g/mol. The number of rotatable bonds is 5. The van der Waals surface area contributed by atoms with Crippen molar-refractivity contribution >= 4 is 23.3 Å². The SMILES string of the molecule is COc1cccc(CNC(=O)N2CCN(c3ccccc3Cl)CC2)c1OC. The highest BCUT2D eigenvalue weighted by molar-refractivity contribution is 6.33. The molecule has 144 valence electrons. The first-order valence-electron chi connectivity index (χ1n) is 8.86. The van der Waals surface area contributed by atoms with Gasteiger partial charge in [0.25, 0.3) is 0 Å². The van der Waals surface area contributed by atoms with Gasteiger partial charge in [-0.05, 0) is 18.2 Å². The first-order chi connectivity index (χ1) is 13.1. The van der Waals surface area contributed by atoms with E-state index >= 15 is 0 Å². The maximum absolute atomic E-state index is 12.5. The number of methoxy groups -OCH3 is 2. The maximum Gasteiger partial charge on any atom is 0.317 e. The summed E-state index contributed by atoms with van der Waals surface area (Å²) in [7, 11) is 3.19. The number of carbonyl (C=O) groups is 1. The lowest BCUT2D eigenvalue weighted by molar-refractivity contribution is 0.194. The highest BCUT2D eigenvalue weighted by atomic mass is 35.5. The van der Waals surface area contributed by atoms with Crippen molar-refractivity contribution in [1.82, 2.24) is 10.2 Å². The molecule has 0 bridgehead atoms. The van der Waals surface area contributed by atoms with Crippen LogP contribution in [0.5, 0.6) is 11.5 Å². The predicted molar refractivity (Wildman–Crippen MR) is 107 cm³/mol. The number of hydrogen-bond donors (Lipinski definition) is 1. The van der Waals surface area contributed by atoms with E-state index in [2.05, 4.69) is 10.2 Å². The van der Waals surface area contributed by atoms with Crippen molar-refractivity contribution in [2.24, 2.45) is 0 Å². The van der Waals surface area contributed by atoms with E-state index in [0.29, 0.717) is 31.1 Å². The molecule has 1 aliphatic heterocycles. The lowest BCUT2D eigenvalue weighted by atomic mass is 10.2. The zero-order chi connectivity index (χ0) is 19.2. The fraction of sp³-hybridized carbons (Fsp3) is 0.350. The molecule has 6 nitrogen and oxygen atoms in total. The Balaban J connectivity index is 1.55. The average Bonchev–Trinajstić information content (AvgIpc) is 2.72. The third-order valence-electron chi connectivity index (χ3n) is 4.67. The van der Waals surface area contributed by atoms with Gasteiger partial charge in [0, 0.05) is 38.3 Å². The molecule has 0 radical (unpaired) electrons. The zero-order valence-corrected chi connectivity index (χ0v) is 16.3. The van der Waals surface area contributed by atoms with Crippen molar-refractivity contribution in [3.8, 4) is 11.5 Å². The van der Waals surface area contributed by atoms with Crippen molar-refractivity contribution in [3.63, 3.8) is 0 Å². The van der Waals surface area contributed by atoms with Crippen LogP contribution in [0, 0.1) is 0 Å². The van der Waals surface area contributed by atoms with Crippen LogP contribution >= 0.6 is 11.6 Å². The summed E-state index contributed by atoms with van der Waals surface area (Å²) in [5.41, 5.74) is 1.89. The van der Waals surface area contributed by atoms with Crippen LogP contribution in [0.25, 0.3) is 0 Å². The number of nitrogens with zero attached hydrogens (tertiary/aromatic N) is 2. The summed E-state index contributed by atoms with van der Waals surface area (Å²) < 4.78 is 10.7. The molecule has 7 heteroatoms. The van der Waals surface area contributed by atoms with E-state index in [1.807, 2.05) is 47.4 Å². The first kappa shape index (κ1) is 19.2. The smallest absolute Gasteiger partial charge is 0.317 e. The number of benzene rings is 2. The molecule has 3 rings (SSSR count). The second-order valence-electron chi connectivity index (χ2n) is 6.24. The van der Waals surface area contributed by atoms with Crippen LogP contribution in [0.15, 0.2) is 42.5 Å². The van der Waals surface area contributed by atoms with Crippen LogP contribution in [-0.2, 0) is 6.54 Å². The van der Waals surface area contributed by atoms with E-state index < -0.39 is 0 Å². The molecule has 1 saturated heterocycles. The minimum absolute atomic E-state index is 0.0846. The van der Waals surface area contributed by atoms with Crippen LogP contribution in [-0.4, -0.2) is 51.3 Å². The Morgan fingerprint density at radius 1 is 1.04 bits per heavy atom. The van der Waals surface area contributed by atoms with Gasteiger partial charge in [0.2, 0.25) is 0 Å². The number of anilines is 1. The summed E-state index contributed by atoms with van der Waals surface area (Å²) in [6, 6.07) is 13.3. The number of ether oxygens (including phenoxy) is 2. The second-order valence-corrected chi connectivity index (χ2v) is 6.64. The van der Waals surface area contributed by atoms with Gasteiger partial charge in [-0.15, -0.1) is 0 Å². The molecule has 0 unspecified atom stereocenters. The fourth-order valence-electron chi connectivity index (χ4n) is 3.23. The number of halogens is 1. The van der Waals surface area contributed by atoms with Crippen LogP contribution in [0.4, 0.5) is 10.5 Å². The molecule has 2 aromatic carbocycles. The summed E-state index contributed by atoms with van der Waals surface area (Å²) >= 11 is 6.27. The standard InChI is InChI=1S/C20H24ClN3O3/c1-26-18-9-5-6-15(19(18)27-2)14-22-20(25)24-12-10-23(11-13-24)17-8-4-3-7-16(17)21/h3-9H,10-14H2,1-2H3,(H,22,25). The van der Waals surface area contributed by atoms with Crippen molar-refractivity contribution in [2.45, 2.75) is 6.54 Å². The number of piperazine rings is 1. The van der Waals surface area contributed by atoms with E-state index in [1.165, 1.54) is 0 Å². The normalized spacial score (nSPS) is 14.0. The maximum atomic E-state index is 12.5. The highest BCUT2D eigenvalue weighted by Crippen LogP contribution is 2.30. The number of hydrogen-bond acceptors (Lipinski definition) is 4. The van der Waals surface area contributed by atoms with Crippen molar-refractivity contribution in [3.05, 3.63) is 53.1 Å². The Bertz CT molecular complexity index is 792. The van der Waals surface area contributed by atoms with Crippen LogP contribution in [0.3, 0.4) is 0 Å². The Morgan fingerprint density at radius 2 is 1.78 bits per heavy atom. The van der Waals surface area contributed by atoms with Gasteiger partial charge in [0.15, 0.2) is 11.5 Å². The molecule has 27 heavy (non-hydrogen) atoms. The predicted octanol–water partition coefficient (Wildman–Crippen LogP) is 3.39. The molecule has 0 saturated carbocycles. The molecule has 0 spiro atoms. The van der Waals surface area contributed by atoms with Crippen molar-refractivity contribution < 1.29 is 14.3 Å². The minimum Gasteiger partial charge on any atom is -0.493 e. The van der Waals surface area contributed by atoms with E-state index in [4.69, 9.17) is 21.1 Å². The molecule has 0 aromatic heterocycles. The van der Waals surface area contributed by atoms with E-state index in [0.717, 1.165) is 29.4 Å². The van der Waals surface area contributed by atoms with Crippen LogP contribution < -0.4 is 19.7 Å². The van der Waals surface area contributed by atoms with Gasteiger partial charge in [-0.3, -0.25) is 0 Å². The number of nitrogens with one attached hydrogen (secondary N) is 1. The molecule has 1 heterocycles. The van der Waals surface area contributed by atoms with E-state index in [9.17, 15) is 4.79 Å².